The zero-order valence-electron chi connectivity index (χ0n) is 9.70. The Hall–Kier alpha value is -2.58. The monoisotopic (exact) mass is 267 g/mol. The Bertz CT molecular complexity index is 652. The maximum atomic E-state index is 11.4. The summed E-state index contributed by atoms with van der Waals surface area (Å²) in [5, 5.41) is 26.0. The molecule has 0 amide bonds. The molecule has 19 heavy (non-hydrogen) atoms. The minimum atomic E-state index is -0.629. The molecule has 9 nitrogen and oxygen atoms in total. The second-order valence-electron chi connectivity index (χ2n) is 4.01. The fourth-order valence-corrected chi connectivity index (χ4v) is 1.91. The first kappa shape index (κ1) is 11.5. The Balaban J connectivity index is 2.31. The summed E-state index contributed by atoms with van der Waals surface area (Å²) < 4.78 is 15.3. The van der Waals surface area contributed by atoms with Gasteiger partial charge in [-0.25, -0.2) is 0 Å². The van der Waals surface area contributed by atoms with Crippen molar-refractivity contribution in [1.82, 2.24) is 5.16 Å². The molecule has 0 radical (unpaired) electrons. The smallest absolute Gasteiger partial charge is 0.319 e. The number of benzene rings is 1. The molecule has 1 aliphatic rings. The van der Waals surface area contributed by atoms with Crippen molar-refractivity contribution < 1.29 is 23.9 Å². The van der Waals surface area contributed by atoms with E-state index in [0.717, 1.165) is 18.9 Å². The van der Waals surface area contributed by atoms with E-state index < -0.39 is 4.92 Å². The van der Waals surface area contributed by atoms with Crippen LogP contribution >= 0.6 is 0 Å². The Morgan fingerprint density at radius 2 is 1.95 bits per heavy atom. The van der Waals surface area contributed by atoms with Gasteiger partial charge in [-0.05, 0) is 17.7 Å². The summed E-state index contributed by atoms with van der Waals surface area (Å²) in [6.45, 7) is 0.719. The van der Waals surface area contributed by atoms with Crippen LogP contribution < -0.4 is 14.4 Å². The van der Waals surface area contributed by atoms with E-state index in [2.05, 4.69) is 9.79 Å². The van der Waals surface area contributed by atoms with Crippen LogP contribution in [0.3, 0.4) is 0 Å². The normalized spacial score (nSPS) is 14.9. The highest BCUT2D eigenvalue weighted by Crippen LogP contribution is 2.42. The summed E-state index contributed by atoms with van der Waals surface area (Å²) in [4.78, 5) is 10.5. The van der Waals surface area contributed by atoms with Gasteiger partial charge in [-0.15, -0.1) is 0 Å². The van der Waals surface area contributed by atoms with Crippen LogP contribution in [0.25, 0.3) is 11.0 Å². The van der Waals surface area contributed by atoms with Gasteiger partial charge in [0, 0.05) is 0 Å². The lowest BCUT2D eigenvalue weighted by molar-refractivity contribution is -0.782. The summed E-state index contributed by atoms with van der Waals surface area (Å²) >= 11 is 0. The summed E-state index contributed by atoms with van der Waals surface area (Å²) in [6.07, 6.45) is 1.48. The minimum Gasteiger partial charge on any atom is -0.486 e. The Morgan fingerprint density at radius 3 is 2.63 bits per heavy atom. The SMILES string of the molecule is O=[N+]([O-])c1cc2c(no[n+]2[O-])c2c1OCCCCO2. The van der Waals surface area contributed by atoms with Gasteiger partial charge in [0.2, 0.25) is 17.0 Å². The first-order valence-corrected chi connectivity index (χ1v) is 5.65. The summed E-state index contributed by atoms with van der Waals surface area (Å²) in [5.74, 6) is 0.0772. The van der Waals surface area contributed by atoms with Gasteiger partial charge in [0.05, 0.1) is 29.4 Å². The van der Waals surface area contributed by atoms with E-state index >= 15 is 0 Å². The Labute approximate surface area is 106 Å². The van der Waals surface area contributed by atoms with E-state index in [0.29, 0.717) is 13.2 Å². The van der Waals surface area contributed by atoms with Crippen molar-refractivity contribution in [3.63, 3.8) is 0 Å². The molecule has 0 fully saturated rings. The third kappa shape index (κ3) is 1.79. The Kier molecular flexibility index (Phi) is 2.58. The molecule has 1 aliphatic heterocycles. The number of hydrogen-bond acceptors (Lipinski definition) is 7. The molecule has 0 bridgehead atoms. The highest BCUT2D eigenvalue weighted by Gasteiger charge is 2.31. The molecular weight excluding hydrogens is 258 g/mol. The number of nitro groups is 1. The Morgan fingerprint density at radius 1 is 1.26 bits per heavy atom. The van der Waals surface area contributed by atoms with Crippen molar-refractivity contribution in [2.24, 2.45) is 0 Å². The van der Waals surface area contributed by atoms with Crippen molar-refractivity contribution in [3.8, 4) is 11.5 Å². The van der Waals surface area contributed by atoms with Crippen LogP contribution in [0.4, 0.5) is 5.69 Å². The molecule has 0 saturated heterocycles. The van der Waals surface area contributed by atoms with Crippen molar-refractivity contribution >= 4 is 16.7 Å². The molecular formula is C10H9N3O6. The first-order valence-electron chi connectivity index (χ1n) is 5.65. The molecule has 2 aromatic rings. The number of fused-ring (bicyclic) bond motifs is 3. The molecule has 3 rings (SSSR count). The van der Waals surface area contributed by atoms with Crippen LogP contribution in [0.2, 0.25) is 0 Å². The molecule has 100 valence electrons. The number of rotatable bonds is 1. The molecule has 9 heteroatoms. The van der Waals surface area contributed by atoms with E-state index in [4.69, 9.17) is 9.47 Å². The summed E-state index contributed by atoms with van der Waals surface area (Å²) in [7, 11) is 0. The molecule has 0 spiro atoms. The van der Waals surface area contributed by atoms with Gasteiger partial charge in [-0.2, -0.15) is 0 Å². The number of aromatic nitrogens is 2. The van der Waals surface area contributed by atoms with Crippen LogP contribution in [0, 0.1) is 15.3 Å². The topological polar surface area (TPSA) is 115 Å². The predicted molar refractivity (Wildman–Crippen MR) is 59.8 cm³/mol. The van der Waals surface area contributed by atoms with Crippen molar-refractivity contribution in [2.75, 3.05) is 13.2 Å². The largest absolute Gasteiger partial charge is 0.486 e. The third-order valence-corrected chi connectivity index (χ3v) is 2.80. The fraction of sp³-hybridized carbons (Fsp3) is 0.400. The van der Waals surface area contributed by atoms with Gasteiger partial charge in [0.25, 0.3) is 5.52 Å². The van der Waals surface area contributed by atoms with Crippen molar-refractivity contribution in [1.29, 1.82) is 0 Å². The number of nitro benzene ring substituents is 1. The summed E-state index contributed by atoms with van der Waals surface area (Å²) in [6, 6.07) is 1.07. The van der Waals surface area contributed by atoms with Crippen LogP contribution in [-0.2, 0) is 0 Å². The first-order chi connectivity index (χ1) is 9.18. The van der Waals surface area contributed by atoms with Gasteiger partial charge >= 0.3 is 5.69 Å². The van der Waals surface area contributed by atoms with E-state index in [-0.39, 0.29) is 33.1 Å². The summed E-state index contributed by atoms with van der Waals surface area (Å²) in [5.41, 5.74) is -0.274. The molecule has 0 saturated carbocycles. The van der Waals surface area contributed by atoms with E-state index in [1.54, 1.807) is 0 Å². The predicted octanol–water partition coefficient (Wildman–Crippen LogP) is 0.921. The average Bonchev–Trinajstić information content (AvgIpc) is 2.70. The fourth-order valence-electron chi connectivity index (χ4n) is 1.91. The minimum absolute atomic E-state index is 0.00824. The zero-order valence-corrected chi connectivity index (χ0v) is 9.70. The van der Waals surface area contributed by atoms with Crippen LogP contribution in [0.15, 0.2) is 10.7 Å². The highest BCUT2D eigenvalue weighted by molar-refractivity contribution is 5.86. The molecule has 0 N–H and O–H groups in total. The molecule has 0 atom stereocenters. The highest BCUT2D eigenvalue weighted by atomic mass is 16.8. The zero-order chi connectivity index (χ0) is 13.4. The van der Waals surface area contributed by atoms with Crippen LogP contribution in [0.1, 0.15) is 12.8 Å². The van der Waals surface area contributed by atoms with Crippen LogP contribution in [-0.4, -0.2) is 23.3 Å². The maximum absolute atomic E-state index is 11.4. The third-order valence-electron chi connectivity index (χ3n) is 2.80. The molecule has 2 heterocycles. The van der Waals surface area contributed by atoms with Gasteiger partial charge in [-0.1, -0.05) is 0 Å². The number of ether oxygens (including phenoxy) is 2. The van der Waals surface area contributed by atoms with Gasteiger partial charge < -0.3 is 14.7 Å². The van der Waals surface area contributed by atoms with E-state index in [9.17, 15) is 15.3 Å². The van der Waals surface area contributed by atoms with Crippen molar-refractivity contribution in [2.45, 2.75) is 12.8 Å². The quantitative estimate of drug-likeness (QED) is 0.428. The lowest BCUT2D eigenvalue weighted by Crippen LogP contribution is -2.22. The second-order valence-corrected chi connectivity index (χ2v) is 4.01. The second kappa shape index (κ2) is 4.26. The number of nitrogens with zero attached hydrogens (tertiary/aromatic N) is 3. The lowest BCUT2D eigenvalue weighted by atomic mass is 10.2. The van der Waals surface area contributed by atoms with Crippen molar-refractivity contribution in [3.05, 3.63) is 21.4 Å². The van der Waals surface area contributed by atoms with Gasteiger partial charge in [0.1, 0.15) is 0 Å². The lowest BCUT2D eigenvalue weighted by Gasteiger charge is -2.14. The maximum Gasteiger partial charge on any atom is 0.319 e. The standard InChI is InChI=1S/C10H9N3O6/c14-12(15)7-5-6-8(11-19-13(6)16)10-9(7)17-3-1-2-4-18-10/h5H,1-4H2. The average molecular weight is 267 g/mol. The number of hydrogen-bond donors (Lipinski definition) is 0. The van der Waals surface area contributed by atoms with Gasteiger partial charge in [-0.3, -0.25) is 14.7 Å². The molecule has 0 aliphatic carbocycles. The molecule has 1 aromatic carbocycles. The molecule has 1 aromatic heterocycles. The molecule has 0 unspecified atom stereocenters. The van der Waals surface area contributed by atoms with E-state index in [1.165, 1.54) is 0 Å². The van der Waals surface area contributed by atoms with E-state index in [1.807, 2.05) is 0 Å². The van der Waals surface area contributed by atoms with Gasteiger partial charge in [0.15, 0.2) is 0 Å². The van der Waals surface area contributed by atoms with Crippen LogP contribution in [0.5, 0.6) is 11.5 Å².